The van der Waals surface area contributed by atoms with Gasteiger partial charge in [0.05, 0.1) is 11.5 Å². The largest absolute Gasteiger partial charge is 0.296 e. The first-order chi connectivity index (χ1) is 8.17. The fourth-order valence-corrected chi connectivity index (χ4v) is 2.73. The zero-order chi connectivity index (χ0) is 12.6. The first kappa shape index (κ1) is 14.7. The van der Waals surface area contributed by atoms with Crippen molar-refractivity contribution in [2.75, 3.05) is 11.9 Å². The second-order valence-corrected chi connectivity index (χ2v) is 6.10. The van der Waals surface area contributed by atoms with E-state index in [9.17, 15) is 8.42 Å². The SMILES string of the molecule is O=S(=O)(OCCCCCCBr)c1ccccc1. The Morgan fingerprint density at radius 2 is 1.65 bits per heavy atom. The molecule has 1 aromatic rings. The van der Waals surface area contributed by atoms with Gasteiger partial charge >= 0.3 is 0 Å². The Balaban J connectivity index is 2.31. The van der Waals surface area contributed by atoms with Crippen molar-refractivity contribution in [3.05, 3.63) is 30.3 Å². The van der Waals surface area contributed by atoms with Crippen molar-refractivity contribution in [3.8, 4) is 0 Å². The standard InChI is InChI=1S/C12H17BrO3S/c13-10-6-1-2-7-11-16-17(14,15)12-8-4-3-5-9-12/h3-5,8-9H,1-2,6-7,10-11H2. The summed E-state index contributed by atoms with van der Waals surface area (Å²) in [5.74, 6) is 0. The maximum Gasteiger partial charge on any atom is 0.296 e. The normalized spacial score (nSPS) is 11.6. The number of rotatable bonds is 8. The molecule has 0 saturated heterocycles. The molecule has 0 aliphatic rings. The highest BCUT2D eigenvalue weighted by Gasteiger charge is 2.13. The van der Waals surface area contributed by atoms with Gasteiger partial charge in [-0.2, -0.15) is 8.42 Å². The molecule has 1 rings (SSSR count). The molecule has 0 heterocycles. The Labute approximate surface area is 111 Å². The predicted molar refractivity (Wildman–Crippen MR) is 71.8 cm³/mol. The lowest BCUT2D eigenvalue weighted by molar-refractivity contribution is 0.307. The summed E-state index contributed by atoms with van der Waals surface area (Å²) < 4.78 is 28.3. The van der Waals surface area contributed by atoms with Gasteiger partial charge in [0, 0.05) is 5.33 Å². The van der Waals surface area contributed by atoms with Crippen LogP contribution in [0.25, 0.3) is 0 Å². The van der Waals surface area contributed by atoms with Crippen LogP contribution in [0.1, 0.15) is 25.7 Å². The average molecular weight is 321 g/mol. The molecule has 0 spiro atoms. The molecule has 0 bridgehead atoms. The van der Waals surface area contributed by atoms with Crippen molar-refractivity contribution in [2.45, 2.75) is 30.6 Å². The molecule has 0 fully saturated rings. The number of halogens is 1. The lowest BCUT2D eigenvalue weighted by Gasteiger charge is -2.05. The van der Waals surface area contributed by atoms with Gasteiger partial charge in [-0.1, -0.05) is 47.0 Å². The molecule has 5 heteroatoms. The van der Waals surface area contributed by atoms with E-state index in [2.05, 4.69) is 15.9 Å². The van der Waals surface area contributed by atoms with Crippen molar-refractivity contribution < 1.29 is 12.6 Å². The van der Waals surface area contributed by atoms with E-state index in [4.69, 9.17) is 4.18 Å². The summed E-state index contributed by atoms with van der Waals surface area (Å²) in [5, 5.41) is 0.996. The fourth-order valence-electron chi connectivity index (χ4n) is 1.37. The molecule has 0 aromatic heterocycles. The van der Waals surface area contributed by atoms with Crippen molar-refractivity contribution in [3.63, 3.8) is 0 Å². The summed E-state index contributed by atoms with van der Waals surface area (Å²) in [6, 6.07) is 8.23. The molecule has 3 nitrogen and oxygen atoms in total. The summed E-state index contributed by atoms with van der Waals surface area (Å²) in [4.78, 5) is 0.223. The van der Waals surface area contributed by atoms with E-state index in [-0.39, 0.29) is 11.5 Å². The molecule has 1 aromatic carbocycles. The van der Waals surface area contributed by atoms with Gasteiger partial charge in [0.15, 0.2) is 0 Å². The Bertz CT molecular complexity index is 403. The quantitative estimate of drug-likeness (QED) is 0.419. The molecular formula is C12H17BrO3S. The average Bonchev–Trinajstić information content (AvgIpc) is 2.35. The smallest absolute Gasteiger partial charge is 0.266 e. The molecule has 0 N–H and O–H groups in total. The first-order valence-electron chi connectivity index (χ1n) is 5.67. The zero-order valence-corrected chi connectivity index (χ0v) is 12.0. The van der Waals surface area contributed by atoms with E-state index in [1.807, 2.05) is 0 Å². The summed E-state index contributed by atoms with van der Waals surface area (Å²) in [6.07, 6.45) is 3.99. The van der Waals surface area contributed by atoms with Crippen LogP contribution in [0.3, 0.4) is 0 Å². The lowest BCUT2D eigenvalue weighted by Crippen LogP contribution is -2.07. The monoisotopic (exact) mass is 320 g/mol. The minimum Gasteiger partial charge on any atom is -0.266 e. The molecule has 0 aliphatic carbocycles. The number of hydrogen-bond donors (Lipinski definition) is 0. The van der Waals surface area contributed by atoms with Crippen LogP contribution < -0.4 is 0 Å². The molecule has 0 atom stereocenters. The highest BCUT2D eigenvalue weighted by molar-refractivity contribution is 9.09. The number of alkyl halides is 1. The minimum absolute atomic E-state index is 0.223. The van der Waals surface area contributed by atoms with E-state index in [1.54, 1.807) is 30.3 Å². The van der Waals surface area contributed by atoms with Crippen LogP contribution in [0, 0.1) is 0 Å². The molecular weight excluding hydrogens is 304 g/mol. The molecule has 0 unspecified atom stereocenters. The van der Waals surface area contributed by atoms with E-state index in [0.717, 1.165) is 31.0 Å². The van der Waals surface area contributed by atoms with Gasteiger partial charge in [-0.05, 0) is 25.0 Å². The third-order valence-electron chi connectivity index (χ3n) is 2.30. The number of benzene rings is 1. The molecule has 0 saturated carbocycles. The van der Waals surface area contributed by atoms with Crippen molar-refractivity contribution in [1.29, 1.82) is 0 Å². The Hall–Kier alpha value is -0.390. The van der Waals surface area contributed by atoms with Crippen molar-refractivity contribution in [2.24, 2.45) is 0 Å². The van der Waals surface area contributed by atoms with Gasteiger partial charge in [0.1, 0.15) is 0 Å². The third-order valence-corrected chi connectivity index (χ3v) is 4.19. The van der Waals surface area contributed by atoms with Crippen LogP contribution >= 0.6 is 15.9 Å². The van der Waals surface area contributed by atoms with Crippen LogP contribution in [-0.2, 0) is 14.3 Å². The number of unbranched alkanes of at least 4 members (excludes halogenated alkanes) is 3. The van der Waals surface area contributed by atoms with Crippen LogP contribution in [0.4, 0.5) is 0 Å². The molecule has 0 aliphatic heterocycles. The summed E-state index contributed by atoms with van der Waals surface area (Å²) in [5.41, 5.74) is 0. The number of hydrogen-bond acceptors (Lipinski definition) is 3. The fraction of sp³-hybridized carbons (Fsp3) is 0.500. The molecule has 96 valence electrons. The van der Waals surface area contributed by atoms with E-state index < -0.39 is 10.1 Å². The van der Waals surface area contributed by atoms with E-state index in [1.165, 1.54) is 0 Å². The van der Waals surface area contributed by atoms with Crippen LogP contribution in [0.2, 0.25) is 0 Å². The maximum absolute atomic E-state index is 11.7. The van der Waals surface area contributed by atoms with E-state index >= 15 is 0 Å². The summed E-state index contributed by atoms with van der Waals surface area (Å²) in [7, 11) is -3.56. The highest BCUT2D eigenvalue weighted by Crippen LogP contribution is 2.12. The Morgan fingerprint density at radius 1 is 1.00 bits per heavy atom. The molecule has 0 amide bonds. The molecule has 17 heavy (non-hydrogen) atoms. The van der Waals surface area contributed by atoms with Crippen LogP contribution in [0.15, 0.2) is 35.2 Å². The Morgan fingerprint density at radius 3 is 2.29 bits per heavy atom. The maximum atomic E-state index is 11.7. The van der Waals surface area contributed by atoms with Gasteiger partial charge in [0.2, 0.25) is 0 Å². The third kappa shape index (κ3) is 5.66. The summed E-state index contributed by atoms with van der Waals surface area (Å²) >= 11 is 3.35. The minimum atomic E-state index is -3.56. The second-order valence-electron chi connectivity index (χ2n) is 3.69. The van der Waals surface area contributed by atoms with Gasteiger partial charge < -0.3 is 0 Å². The van der Waals surface area contributed by atoms with Crippen LogP contribution in [0.5, 0.6) is 0 Å². The van der Waals surface area contributed by atoms with Crippen molar-refractivity contribution in [1.82, 2.24) is 0 Å². The van der Waals surface area contributed by atoms with Gasteiger partial charge in [-0.25, -0.2) is 0 Å². The van der Waals surface area contributed by atoms with E-state index in [0.29, 0.717) is 0 Å². The second kappa shape index (κ2) is 7.84. The molecule has 0 radical (unpaired) electrons. The van der Waals surface area contributed by atoms with Crippen molar-refractivity contribution >= 4 is 26.0 Å². The van der Waals surface area contributed by atoms with Crippen LogP contribution in [-0.4, -0.2) is 20.4 Å². The topological polar surface area (TPSA) is 43.4 Å². The Kier molecular flexibility index (Phi) is 6.77. The van der Waals surface area contributed by atoms with Gasteiger partial charge in [-0.15, -0.1) is 0 Å². The summed E-state index contributed by atoms with van der Waals surface area (Å²) in [6.45, 7) is 0.263. The first-order valence-corrected chi connectivity index (χ1v) is 8.20. The lowest BCUT2D eigenvalue weighted by atomic mass is 10.2. The highest BCUT2D eigenvalue weighted by atomic mass is 79.9. The zero-order valence-electron chi connectivity index (χ0n) is 9.64. The van der Waals surface area contributed by atoms with Gasteiger partial charge in [-0.3, -0.25) is 4.18 Å². The predicted octanol–water partition coefficient (Wildman–Crippen LogP) is 3.35. The van der Waals surface area contributed by atoms with Gasteiger partial charge in [0.25, 0.3) is 10.1 Å².